The molecular formula is C17H24N2OS. The Morgan fingerprint density at radius 1 is 1.38 bits per heavy atom. The minimum absolute atomic E-state index is 0.0827. The Bertz CT molecular complexity index is 561. The van der Waals surface area contributed by atoms with Gasteiger partial charge in [0, 0.05) is 21.9 Å². The molecule has 0 saturated heterocycles. The maximum Gasteiger partial charge on any atom is 0.272 e. The number of carbonyl (C=O) groups excluding carboxylic acids is 1. The average molecular weight is 304 g/mol. The zero-order valence-electron chi connectivity index (χ0n) is 13.1. The molecule has 1 heterocycles. The first-order chi connectivity index (χ1) is 10.0. The van der Waals surface area contributed by atoms with Crippen molar-refractivity contribution in [3.8, 4) is 0 Å². The summed E-state index contributed by atoms with van der Waals surface area (Å²) in [6.07, 6.45) is 5.38. The van der Waals surface area contributed by atoms with E-state index in [0.29, 0.717) is 11.8 Å². The van der Waals surface area contributed by atoms with E-state index in [2.05, 4.69) is 31.3 Å². The van der Waals surface area contributed by atoms with Crippen LogP contribution in [0.2, 0.25) is 0 Å². The Morgan fingerprint density at radius 3 is 2.76 bits per heavy atom. The quantitative estimate of drug-likeness (QED) is 0.649. The van der Waals surface area contributed by atoms with E-state index < -0.39 is 0 Å². The number of hydrogen-bond donors (Lipinski definition) is 1. The van der Waals surface area contributed by atoms with Crippen molar-refractivity contribution in [1.29, 1.82) is 0 Å². The molecule has 0 aliphatic heterocycles. The van der Waals surface area contributed by atoms with Crippen LogP contribution < -0.4 is 5.43 Å². The van der Waals surface area contributed by atoms with E-state index in [1.807, 2.05) is 11.4 Å². The van der Waals surface area contributed by atoms with Crippen LogP contribution in [0.1, 0.15) is 67.6 Å². The molecule has 114 valence electrons. The van der Waals surface area contributed by atoms with E-state index in [-0.39, 0.29) is 5.91 Å². The minimum atomic E-state index is -0.0827. The third-order valence-corrected chi connectivity index (χ3v) is 6.29. The number of thiophene rings is 1. The molecule has 2 saturated carbocycles. The van der Waals surface area contributed by atoms with Gasteiger partial charge in [0.1, 0.15) is 0 Å². The van der Waals surface area contributed by atoms with Gasteiger partial charge >= 0.3 is 0 Å². The molecule has 3 rings (SSSR count). The summed E-state index contributed by atoms with van der Waals surface area (Å²) in [6.45, 7) is 6.36. The van der Waals surface area contributed by atoms with Crippen molar-refractivity contribution in [2.45, 2.75) is 52.4 Å². The number of hydrogen-bond acceptors (Lipinski definition) is 3. The molecule has 2 bridgehead atoms. The van der Waals surface area contributed by atoms with Crippen LogP contribution >= 0.6 is 11.3 Å². The Morgan fingerprint density at radius 2 is 2.19 bits per heavy atom. The minimum Gasteiger partial charge on any atom is -0.267 e. The van der Waals surface area contributed by atoms with Gasteiger partial charge in [-0.15, -0.1) is 11.3 Å². The molecule has 1 amide bonds. The fourth-order valence-corrected chi connectivity index (χ4v) is 4.72. The molecule has 1 N–H and O–H groups in total. The van der Waals surface area contributed by atoms with E-state index in [1.54, 1.807) is 11.3 Å². The maximum atomic E-state index is 12.1. The highest BCUT2D eigenvalue weighted by Crippen LogP contribution is 2.48. The first kappa shape index (κ1) is 14.8. The van der Waals surface area contributed by atoms with Crippen molar-refractivity contribution in [2.24, 2.45) is 22.9 Å². The van der Waals surface area contributed by atoms with Crippen LogP contribution in [0.5, 0.6) is 0 Å². The third kappa shape index (κ3) is 3.05. The monoisotopic (exact) mass is 304 g/mol. The van der Waals surface area contributed by atoms with Crippen molar-refractivity contribution >= 4 is 23.0 Å². The van der Waals surface area contributed by atoms with Gasteiger partial charge in [0.25, 0.3) is 5.91 Å². The van der Waals surface area contributed by atoms with Crippen molar-refractivity contribution in [1.82, 2.24) is 5.43 Å². The van der Waals surface area contributed by atoms with Gasteiger partial charge in [0.2, 0.25) is 0 Å². The largest absolute Gasteiger partial charge is 0.272 e. The normalized spacial score (nSPS) is 28.4. The molecule has 2 aliphatic carbocycles. The second-order valence-electron chi connectivity index (χ2n) is 6.87. The molecule has 1 aromatic rings. The number of carbonyl (C=O) groups is 1. The Kier molecular flexibility index (Phi) is 4.16. The highest BCUT2D eigenvalue weighted by Gasteiger charge is 2.40. The van der Waals surface area contributed by atoms with E-state index in [4.69, 9.17) is 0 Å². The zero-order chi connectivity index (χ0) is 15.0. The van der Waals surface area contributed by atoms with Crippen LogP contribution in [0.3, 0.4) is 0 Å². The molecule has 1 aromatic heterocycles. The fourth-order valence-electron chi connectivity index (χ4n) is 3.82. The SMILES string of the molecule is C/C(=N/NC(=O)c1csc(C(C)C)c1)[C@@H]1C[C@H]2CC[C@@H]1C2. The summed E-state index contributed by atoms with van der Waals surface area (Å²) >= 11 is 1.65. The number of rotatable bonds is 4. The molecule has 2 fully saturated rings. The predicted octanol–water partition coefficient (Wildman–Crippen LogP) is 4.41. The lowest BCUT2D eigenvalue weighted by molar-refractivity contribution is 0.0955. The highest BCUT2D eigenvalue weighted by molar-refractivity contribution is 7.10. The predicted molar refractivity (Wildman–Crippen MR) is 87.9 cm³/mol. The number of fused-ring (bicyclic) bond motifs is 2. The highest BCUT2D eigenvalue weighted by atomic mass is 32.1. The van der Waals surface area contributed by atoms with E-state index in [1.165, 1.54) is 30.6 Å². The van der Waals surface area contributed by atoms with Crippen LogP contribution in [0.15, 0.2) is 16.5 Å². The van der Waals surface area contributed by atoms with Crippen LogP contribution in [0.4, 0.5) is 0 Å². The van der Waals surface area contributed by atoms with Crippen LogP contribution in [0, 0.1) is 17.8 Å². The standard InChI is InChI=1S/C17H24N2OS/c1-10(2)16-8-14(9-21-16)17(20)19-18-11(3)15-7-12-4-5-13(15)6-12/h8-10,12-13,15H,4-7H2,1-3H3,(H,19,20)/b18-11-/t12-,13+,15-/m0/s1. The molecule has 3 atom stereocenters. The van der Waals surface area contributed by atoms with Gasteiger partial charge in [-0.1, -0.05) is 20.3 Å². The first-order valence-electron chi connectivity index (χ1n) is 7.97. The molecule has 0 radical (unpaired) electrons. The smallest absolute Gasteiger partial charge is 0.267 e. The fraction of sp³-hybridized carbons (Fsp3) is 0.647. The van der Waals surface area contributed by atoms with Crippen molar-refractivity contribution in [2.75, 3.05) is 0 Å². The Labute approximate surface area is 130 Å². The zero-order valence-corrected chi connectivity index (χ0v) is 13.9. The van der Waals surface area contributed by atoms with Crippen molar-refractivity contribution in [3.05, 3.63) is 21.9 Å². The molecule has 0 unspecified atom stereocenters. The van der Waals surface area contributed by atoms with Gasteiger partial charge in [0.05, 0.1) is 5.56 Å². The molecule has 4 heteroatoms. The van der Waals surface area contributed by atoms with E-state index >= 15 is 0 Å². The van der Waals surface area contributed by atoms with Gasteiger partial charge < -0.3 is 0 Å². The van der Waals surface area contributed by atoms with Gasteiger partial charge in [-0.2, -0.15) is 5.10 Å². The van der Waals surface area contributed by atoms with Gasteiger partial charge in [-0.3, -0.25) is 4.79 Å². The first-order valence-corrected chi connectivity index (χ1v) is 8.85. The molecular weight excluding hydrogens is 280 g/mol. The second-order valence-corrected chi connectivity index (χ2v) is 7.81. The van der Waals surface area contributed by atoms with Crippen molar-refractivity contribution in [3.63, 3.8) is 0 Å². The summed E-state index contributed by atoms with van der Waals surface area (Å²) in [4.78, 5) is 13.4. The van der Waals surface area contributed by atoms with E-state index in [0.717, 1.165) is 23.1 Å². The average Bonchev–Trinajstić information content (AvgIpc) is 3.18. The van der Waals surface area contributed by atoms with Gasteiger partial charge in [0.15, 0.2) is 0 Å². The molecule has 21 heavy (non-hydrogen) atoms. The molecule has 3 nitrogen and oxygen atoms in total. The lowest BCUT2D eigenvalue weighted by Crippen LogP contribution is -2.24. The van der Waals surface area contributed by atoms with Crippen molar-refractivity contribution < 1.29 is 4.79 Å². The Hall–Kier alpha value is -1.16. The summed E-state index contributed by atoms with van der Waals surface area (Å²) in [5, 5.41) is 6.30. The van der Waals surface area contributed by atoms with E-state index in [9.17, 15) is 4.79 Å². The van der Waals surface area contributed by atoms with Crippen LogP contribution in [-0.2, 0) is 0 Å². The summed E-state index contributed by atoms with van der Waals surface area (Å²) < 4.78 is 0. The maximum absolute atomic E-state index is 12.1. The van der Waals surface area contributed by atoms with Crippen LogP contribution in [0.25, 0.3) is 0 Å². The topological polar surface area (TPSA) is 41.5 Å². The summed E-state index contributed by atoms with van der Waals surface area (Å²) in [7, 11) is 0. The number of hydrazone groups is 1. The lowest BCUT2D eigenvalue weighted by Gasteiger charge is -2.21. The number of nitrogens with one attached hydrogen (secondary N) is 1. The summed E-state index contributed by atoms with van der Waals surface area (Å²) in [5.41, 5.74) is 4.58. The third-order valence-electron chi connectivity index (χ3n) is 5.06. The molecule has 2 aliphatic rings. The lowest BCUT2D eigenvalue weighted by atomic mass is 9.86. The van der Waals surface area contributed by atoms with Crippen LogP contribution in [-0.4, -0.2) is 11.6 Å². The number of nitrogens with zero attached hydrogens (tertiary/aromatic N) is 1. The number of amides is 1. The summed E-state index contributed by atoms with van der Waals surface area (Å²) in [5.74, 6) is 2.70. The molecule has 0 spiro atoms. The van der Waals surface area contributed by atoms with Gasteiger partial charge in [-0.25, -0.2) is 5.43 Å². The van der Waals surface area contributed by atoms with Gasteiger partial charge in [-0.05, 0) is 50.0 Å². The molecule has 0 aromatic carbocycles. The Balaban J connectivity index is 1.60. The second kappa shape index (κ2) is 5.91. The summed E-state index contributed by atoms with van der Waals surface area (Å²) in [6, 6.07) is 1.98.